The molecule has 0 saturated carbocycles. The second kappa shape index (κ2) is 9.20. The number of thiophene rings is 1. The van der Waals surface area contributed by atoms with Crippen molar-refractivity contribution in [3.63, 3.8) is 0 Å². The number of amides is 1. The Balaban J connectivity index is 1.57. The van der Waals surface area contributed by atoms with Crippen LogP contribution in [0.15, 0.2) is 96.0 Å². The van der Waals surface area contributed by atoms with Gasteiger partial charge in [0.1, 0.15) is 0 Å². The third-order valence-corrected chi connectivity index (χ3v) is 5.49. The van der Waals surface area contributed by atoms with Gasteiger partial charge >= 0.3 is 6.18 Å². The number of aromatic nitrogens is 1. The molecule has 0 aliphatic carbocycles. The molecule has 0 radical (unpaired) electrons. The molecule has 0 aliphatic heterocycles. The van der Waals surface area contributed by atoms with E-state index in [2.05, 4.69) is 10.3 Å². The van der Waals surface area contributed by atoms with E-state index in [1.54, 1.807) is 24.5 Å². The maximum atomic E-state index is 12.9. The zero-order valence-corrected chi connectivity index (χ0v) is 17.5. The van der Waals surface area contributed by atoms with E-state index in [-0.39, 0.29) is 5.91 Å². The molecule has 2 heterocycles. The fourth-order valence-electron chi connectivity index (χ4n) is 3.25. The van der Waals surface area contributed by atoms with Crippen LogP contribution in [-0.2, 0) is 11.0 Å². The number of carbonyl (C=O) groups excluding carboxylic acids is 1. The average molecular weight is 450 g/mol. The Morgan fingerprint density at radius 3 is 2.53 bits per heavy atom. The van der Waals surface area contributed by atoms with E-state index in [0.29, 0.717) is 11.3 Å². The average Bonchev–Trinajstić information content (AvgIpc) is 3.31. The maximum absolute atomic E-state index is 12.9. The Morgan fingerprint density at radius 1 is 1.00 bits per heavy atom. The number of alkyl halides is 3. The van der Waals surface area contributed by atoms with Crippen LogP contribution >= 0.6 is 11.3 Å². The fourth-order valence-corrected chi connectivity index (χ4v) is 3.91. The third kappa shape index (κ3) is 4.95. The Bertz CT molecular complexity index is 1290. The van der Waals surface area contributed by atoms with Crippen molar-refractivity contribution in [2.45, 2.75) is 6.18 Å². The lowest BCUT2D eigenvalue weighted by molar-refractivity contribution is -0.137. The van der Waals surface area contributed by atoms with Gasteiger partial charge in [0.25, 0.3) is 0 Å². The van der Waals surface area contributed by atoms with Crippen LogP contribution in [0.25, 0.3) is 16.3 Å². The molecule has 0 atom stereocenters. The number of halogens is 3. The number of benzene rings is 2. The van der Waals surface area contributed by atoms with Crippen LogP contribution < -0.4 is 5.32 Å². The largest absolute Gasteiger partial charge is 0.416 e. The van der Waals surface area contributed by atoms with Crippen molar-refractivity contribution in [3.05, 3.63) is 113 Å². The predicted molar refractivity (Wildman–Crippen MR) is 122 cm³/mol. The summed E-state index contributed by atoms with van der Waals surface area (Å²) in [5.74, 6) is -0.317. The lowest BCUT2D eigenvalue weighted by Gasteiger charge is -2.09. The molecule has 4 rings (SSSR count). The third-order valence-electron chi connectivity index (χ3n) is 4.80. The van der Waals surface area contributed by atoms with Crippen molar-refractivity contribution in [1.29, 1.82) is 0 Å². The lowest BCUT2D eigenvalue weighted by Crippen LogP contribution is -2.08. The first kappa shape index (κ1) is 21.5. The second-order valence-electron chi connectivity index (χ2n) is 6.92. The van der Waals surface area contributed by atoms with Crippen LogP contribution in [0.4, 0.5) is 18.9 Å². The first-order valence-electron chi connectivity index (χ1n) is 9.64. The summed E-state index contributed by atoms with van der Waals surface area (Å²) in [6.07, 6.45) is 3.69. The molecular weight excluding hydrogens is 433 g/mol. The maximum Gasteiger partial charge on any atom is 0.416 e. The molecule has 2 aromatic carbocycles. The van der Waals surface area contributed by atoms with Gasteiger partial charge in [-0.15, -0.1) is 0 Å². The van der Waals surface area contributed by atoms with Gasteiger partial charge in [-0.05, 0) is 57.8 Å². The van der Waals surface area contributed by atoms with Gasteiger partial charge in [-0.25, -0.2) is 0 Å². The highest BCUT2D eigenvalue weighted by atomic mass is 32.1. The molecule has 4 aromatic rings. The number of hydrogen-bond acceptors (Lipinski definition) is 3. The number of pyridine rings is 1. The van der Waals surface area contributed by atoms with Gasteiger partial charge in [-0.1, -0.05) is 36.4 Å². The normalized spacial score (nSPS) is 12.4. The molecule has 0 fully saturated rings. The standard InChI is InChI=1S/C25H17F3N2OS/c26-25(27,28)20-9-7-17(8-10-20)21(19-12-14-32-16-19)4-2-6-24(31)30-23-5-1-3-18-15-29-13-11-22(18)23/h1-16H,(H,30,31)/b6-2+,21-4+. The summed E-state index contributed by atoms with van der Waals surface area (Å²) < 4.78 is 38.7. The molecule has 160 valence electrons. The molecule has 3 nitrogen and oxygen atoms in total. The topological polar surface area (TPSA) is 42.0 Å². The fraction of sp³-hybridized carbons (Fsp3) is 0.0400. The van der Waals surface area contributed by atoms with Crippen molar-refractivity contribution in [1.82, 2.24) is 4.98 Å². The van der Waals surface area contributed by atoms with E-state index >= 15 is 0 Å². The molecule has 0 aliphatic rings. The van der Waals surface area contributed by atoms with Crippen molar-refractivity contribution < 1.29 is 18.0 Å². The number of nitrogens with zero attached hydrogens (tertiary/aromatic N) is 1. The SMILES string of the molecule is O=C(/C=C/C=C(\c1ccc(C(F)(F)F)cc1)c1ccsc1)Nc1cccc2cnccc12. The molecule has 0 bridgehead atoms. The zero-order valence-electron chi connectivity index (χ0n) is 16.6. The van der Waals surface area contributed by atoms with Crippen LogP contribution in [0, 0.1) is 0 Å². The first-order chi connectivity index (χ1) is 15.4. The molecule has 0 saturated heterocycles. The van der Waals surface area contributed by atoms with Gasteiger partial charge in [0, 0.05) is 34.9 Å². The Hall–Kier alpha value is -3.71. The summed E-state index contributed by atoms with van der Waals surface area (Å²) in [7, 11) is 0. The number of rotatable bonds is 5. The monoisotopic (exact) mass is 450 g/mol. The minimum Gasteiger partial charge on any atom is -0.322 e. The summed E-state index contributed by atoms with van der Waals surface area (Å²) in [5.41, 5.74) is 2.18. The molecule has 1 amide bonds. The molecule has 2 aromatic heterocycles. The van der Waals surface area contributed by atoms with E-state index in [1.807, 2.05) is 41.1 Å². The number of fused-ring (bicyclic) bond motifs is 1. The van der Waals surface area contributed by atoms with E-state index in [4.69, 9.17) is 0 Å². The predicted octanol–water partition coefficient (Wildman–Crippen LogP) is 6.94. The molecular formula is C25H17F3N2OS. The summed E-state index contributed by atoms with van der Waals surface area (Å²) in [6, 6.07) is 14.2. The molecule has 0 spiro atoms. The lowest BCUT2D eigenvalue weighted by atomic mass is 9.98. The van der Waals surface area contributed by atoms with E-state index in [1.165, 1.54) is 29.5 Å². The van der Waals surface area contributed by atoms with Gasteiger partial charge in [-0.2, -0.15) is 24.5 Å². The van der Waals surface area contributed by atoms with Crippen LogP contribution in [0.1, 0.15) is 16.7 Å². The number of anilines is 1. The van der Waals surface area contributed by atoms with Crippen LogP contribution in [0.3, 0.4) is 0 Å². The van der Waals surface area contributed by atoms with Gasteiger partial charge in [0.15, 0.2) is 0 Å². The Morgan fingerprint density at radius 2 is 1.81 bits per heavy atom. The van der Waals surface area contributed by atoms with E-state index < -0.39 is 11.7 Å². The highest BCUT2D eigenvalue weighted by Crippen LogP contribution is 2.32. The highest BCUT2D eigenvalue weighted by molar-refractivity contribution is 7.08. The van der Waals surface area contributed by atoms with Crippen molar-refractivity contribution in [2.24, 2.45) is 0 Å². The Labute approximate surface area is 186 Å². The summed E-state index contributed by atoms with van der Waals surface area (Å²) in [4.78, 5) is 16.5. The quantitative estimate of drug-likeness (QED) is 0.264. The molecule has 0 unspecified atom stereocenters. The summed E-state index contributed by atoms with van der Waals surface area (Å²) in [6.45, 7) is 0. The zero-order chi connectivity index (χ0) is 22.6. The van der Waals surface area contributed by atoms with Crippen molar-refractivity contribution in [3.8, 4) is 0 Å². The van der Waals surface area contributed by atoms with Crippen molar-refractivity contribution in [2.75, 3.05) is 5.32 Å². The second-order valence-corrected chi connectivity index (χ2v) is 7.70. The van der Waals surface area contributed by atoms with Crippen LogP contribution in [0.2, 0.25) is 0 Å². The van der Waals surface area contributed by atoms with Gasteiger partial charge in [-0.3, -0.25) is 9.78 Å². The van der Waals surface area contributed by atoms with Crippen LogP contribution in [-0.4, -0.2) is 10.9 Å². The molecule has 32 heavy (non-hydrogen) atoms. The first-order valence-corrected chi connectivity index (χ1v) is 10.6. The number of nitrogens with one attached hydrogen (secondary N) is 1. The van der Waals surface area contributed by atoms with E-state index in [0.717, 1.165) is 34.0 Å². The number of carbonyl (C=O) groups is 1. The smallest absolute Gasteiger partial charge is 0.322 e. The van der Waals surface area contributed by atoms with Crippen LogP contribution in [0.5, 0.6) is 0 Å². The van der Waals surface area contributed by atoms with Crippen molar-refractivity contribution >= 4 is 39.3 Å². The number of allylic oxidation sites excluding steroid dienone is 2. The molecule has 7 heteroatoms. The minimum absolute atomic E-state index is 0.317. The van der Waals surface area contributed by atoms with Gasteiger partial charge < -0.3 is 5.32 Å². The molecule has 1 N–H and O–H groups in total. The highest BCUT2D eigenvalue weighted by Gasteiger charge is 2.30. The Kier molecular flexibility index (Phi) is 6.18. The van der Waals surface area contributed by atoms with E-state index in [9.17, 15) is 18.0 Å². The van der Waals surface area contributed by atoms with Gasteiger partial charge in [0.05, 0.1) is 5.56 Å². The summed E-state index contributed by atoms with van der Waals surface area (Å²) in [5, 5.41) is 8.44. The number of hydrogen-bond donors (Lipinski definition) is 1. The summed E-state index contributed by atoms with van der Waals surface area (Å²) >= 11 is 1.48. The minimum atomic E-state index is -4.39. The van der Waals surface area contributed by atoms with Gasteiger partial charge in [0.2, 0.25) is 5.91 Å².